The normalized spacial score (nSPS) is 9.86. The van der Waals surface area contributed by atoms with E-state index in [1.54, 1.807) is 0 Å². The fraction of sp³-hybridized carbons (Fsp3) is 0.125. The van der Waals surface area contributed by atoms with E-state index in [1.165, 1.54) is 6.07 Å². The number of nitro groups is 1. The summed E-state index contributed by atoms with van der Waals surface area (Å²) in [5.41, 5.74) is -0.626. The van der Waals surface area contributed by atoms with Gasteiger partial charge in [-0.05, 0) is 12.1 Å². The van der Waals surface area contributed by atoms with Crippen LogP contribution in [0.4, 0.5) is 10.1 Å². The molecular formula is C8H5ClFNO3. The zero-order valence-corrected chi connectivity index (χ0v) is 7.62. The van der Waals surface area contributed by atoms with Crippen molar-refractivity contribution in [1.82, 2.24) is 0 Å². The fourth-order valence-corrected chi connectivity index (χ4v) is 1.06. The second kappa shape index (κ2) is 4.15. The number of carbonyl (C=O) groups excluding carboxylic acids is 1. The maximum atomic E-state index is 13.0. The van der Waals surface area contributed by atoms with E-state index < -0.39 is 22.2 Å². The topological polar surface area (TPSA) is 60.2 Å². The fourth-order valence-electron chi connectivity index (χ4n) is 0.906. The second-order valence-electron chi connectivity index (χ2n) is 2.48. The van der Waals surface area contributed by atoms with Gasteiger partial charge in [-0.2, -0.15) is 4.39 Å². The molecule has 0 heterocycles. The third kappa shape index (κ3) is 2.05. The van der Waals surface area contributed by atoms with Gasteiger partial charge in [0.05, 0.1) is 10.8 Å². The van der Waals surface area contributed by atoms with E-state index >= 15 is 0 Å². The van der Waals surface area contributed by atoms with Gasteiger partial charge in [-0.25, -0.2) is 0 Å². The first-order valence-corrected chi connectivity index (χ1v) is 4.13. The van der Waals surface area contributed by atoms with Crippen LogP contribution in [0.2, 0.25) is 0 Å². The first-order chi connectivity index (χ1) is 6.56. The van der Waals surface area contributed by atoms with Crippen LogP contribution in [-0.4, -0.2) is 16.6 Å². The third-order valence-electron chi connectivity index (χ3n) is 1.59. The molecule has 0 aromatic heterocycles. The molecule has 0 bridgehead atoms. The Bertz CT molecular complexity index is 394. The lowest BCUT2D eigenvalue weighted by Gasteiger charge is -1.97. The summed E-state index contributed by atoms with van der Waals surface area (Å²) in [5.74, 6) is -1.79. The number of benzene rings is 1. The number of nitro benzene ring substituents is 1. The number of halogens is 2. The van der Waals surface area contributed by atoms with Crippen LogP contribution in [0.5, 0.6) is 0 Å². The largest absolute Gasteiger partial charge is 0.304 e. The lowest BCUT2D eigenvalue weighted by atomic mass is 10.1. The molecule has 74 valence electrons. The van der Waals surface area contributed by atoms with Gasteiger partial charge in [0.2, 0.25) is 5.82 Å². The first-order valence-electron chi connectivity index (χ1n) is 3.59. The van der Waals surface area contributed by atoms with Crippen LogP contribution in [0, 0.1) is 15.9 Å². The summed E-state index contributed by atoms with van der Waals surface area (Å²) in [6.07, 6.45) is 0. The number of rotatable bonds is 3. The molecular weight excluding hydrogens is 213 g/mol. The van der Waals surface area contributed by atoms with Gasteiger partial charge < -0.3 is 0 Å². The summed E-state index contributed by atoms with van der Waals surface area (Å²) in [4.78, 5) is 20.3. The van der Waals surface area contributed by atoms with Crippen LogP contribution >= 0.6 is 11.6 Å². The summed E-state index contributed by atoms with van der Waals surface area (Å²) in [6, 6.07) is 2.92. The summed E-state index contributed by atoms with van der Waals surface area (Å²) in [7, 11) is 0. The Morgan fingerprint density at radius 2 is 2.21 bits per heavy atom. The van der Waals surface area contributed by atoms with Gasteiger partial charge >= 0.3 is 5.69 Å². The van der Waals surface area contributed by atoms with E-state index in [4.69, 9.17) is 11.6 Å². The van der Waals surface area contributed by atoms with E-state index in [1.807, 2.05) is 0 Å². The molecule has 1 rings (SSSR count). The van der Waals surface area contributed by atoms with Crippen LogP contribution in [0.15, 0.2) is 18.2 Å². The number of ketones is 1. The lowest BCUT2D eigenvalue weighted by molar-refractivity contribution is -0.387. The number of Topliss-reactive ketones (excluding diaryl/α,β-unsaturated/α-hetero) is 1. The number of hydrogen-bond acceptors (Lipinski definition) is 3. The number of carbonyl (C=O) groups is 1. The van der Waals surface area contributed by atoms with Gasteiger partial charge in [-0.3, -0.25) is 14.9 Å². The molecule has 0 aliphatic carbocycles. The average Bonchev–Trinajstić information content (AvgIpc) is 2.15. The highest BCUT2D eigenvalue weighted by molar-refractivity contribution is 6.30. The Labute approximate surface area is 83.4 Å². The summed E-state index contributed by atoms with van der Waals surface area (Å²) in [5, 5.41) is 10.2. The summed E-state index contributed by atoms with van der Waals surface area (Å²) in [6.45, 7) is 0. The molecule has 1 aromatic carbocycles. The van der Waals surface area contributed by atoms with Crippen LogP contribution in [0.25, 0.3) is 0 Å². The van der Waals surface area contributed by atoms with E-state index in [-0.39, 0.29) is 11.4 Å². The molecule has 1 aromatic rings. The van der Waals surface area contributed by atoms with Crippen LogP contribution in [-0.2, 0) is 0 Å². The minimum absolute atomic E-state index is 0.0306. The van der Waals surface area contributed by atoms with Crippen LogP contribution < -0.4 is 0 Å². The second-order valence-corrected chi connectivity index (χ2v) is 2.75. The molecule has 0 aliphatic heterocycles. The van der Waals surface area contributed by atoms with Crippen molar-refractivity contribution in [2.45, 2.75) is 0 Å². The van der Waals surface area contributed by atoms with Gasteiger partial charge in [-0.15, -0.1) is 11.6 Å². The third-order valence-corrected chi connectivity index (χ3v) is 1.83. The van der Waals surface area contributed by atoms with Crippen molar-refractivity contribution in [3.63, 3.8) is 0 Å². The molecule has 0 radical (unpaired) electrons. The SMILES string of the molecule is O=C(CCl)c1ccc([N+](=O)[O-])c(F)c1. The number of nitrogens with zero attached hydrogens (tertiary/aromatic N) is 1. The van der Waals surface area contributed by atoms with E-state index in [2.05, 4.69) is 0 Å². The Kier molecular flexibility index (Phi) is 3.14. The summed E-state index contributed by atoms with van der Waals surface area (Å²) < 4.78 is 13.0. The van der Waals surface area contributed by atoms with Gasteiger partial charge in [0.15, 0.2) is 5.78 Å². The molecule has 0 spiro atoms. The standard InChI is InChI=1S/C8H5ClFNO3/c9-4-8(12)5-1-2-7(11(13)14)6(10)3-5/h1-3H,4H2. The lowest BCUT2D eigenvalue weighted by Crippen LogP contribution is -2.02. The smallest absolute Gasteiger partial charge is 0.293 e. The molecule has 0 atom stereocenters. The Balaban J connectivity index is 3.12. The van der Waals surface area contributed by atoms with Crippen molar-refractivity contribution in [2.75, 3.05) is 5.88 Å². The molecule has 0 fully saturated rings. The molecule has 0 saturated heterocycles. The van der Waals surface area contributed by atoms with E-state index in [0.29, 0.717) is 0 Å². The average molecular weight is 218 g/mol. The van der Waals surface area contributed by atoms with Crippen molar-refractivity contribution in [2.24, 2.45) is 0 Å². The maximum absolute atomic E-state index is 13.0. The highest BCUT2D eigenvalue weighted by Crippen LogP contribution is 2.18. The van der Waals surface area contributed by atoms with Gasteiger partial charge in [0.25, 0.3) is 0 Å². The molecule has 14 heavy (non-hydrogen) atoms. The Morgan fingerprint density at radius 1 is 1.57 bits per heavy atom. The minimum Gasteiger partial charge on any atom is -0.293 e. The van der Waals surface area contributed by atoms with Crippen molar-refractivity contribution >= 4 is 23.1 Å². The zero-order valence-electron chi connectivity index (χ0n) is 6.87. The van der Waals surface area contributed by atoms with E-state index in [9.17, 15) is 19.3 Å². The highest BCUT2D eigenvalue weighted by atomic mass is 35.5. The Morgan fingerprint density at radius 3 is 2.64 bits per heavy atom. The van der Waals surface area contributed by atoms with E-state index in [0.717, 1.165) is 12.1 Å². The quantitative estimate of drug-likeness (QED) is 0.337. The van der Waals surface area contributed by atoms with Crippen molar-refractivity contribution in [3.05, 3.63) is 39.7 Å². The molecule has 4 nitrogen and oxygen atoms in total. The van der Waals surface area contributed by atoms with Gasteiger partial charge in [-0.1, -0.05) is 0 Å². The monoisotopic (exact) mass is 217 g/mol. The summed E-state index contributed by atoms with van der Waals surface area (Å²) >= 11 is 5.24. The zero-order chi connectivity index (χ0) is 10.7. The van der Waals surface area contributed by atoms with Crippen molar-refractivity contribution < 1.29 is 14.1 Å². The number of hydrogen-bond donors (Lipinski definition) is 0. The molecule has 6 heteroatoms. The van der Waals surface area contributed by atoms with Gasteiger partial charge in [0.1, 0.15) is 0 Å². The predicted molar refractivity (Wildman–Crippen MR) is 48.1 cm³/mol. The molecule has 0 unspecified atom stereocenters. The first kappa shape index (κ1) is 10.6. The Hall–Kier alpha value is -1.49. The molecule has 0 amide bonds. The highest BCUT2D eigenvalue weighted by Gasteiger charge is 2.15. The predicted octanol–water partition coefficient (Wildman–Crippen LogP) is 2.16. The minimum atomic E-state index is -1.04. The molecule has 0 saturated carbocycles. The van der Waals surface area contributed by atoms with Crippen LogP contribution in [0.1, 0.15) is 10.4 Å². The van der Waals surface area contributed by atoms with Crippen LogP contribution in [0.3, 0.4) is 0 Å². The molecule has 0 aliphatic rings. The number of alkyl halides is 1. The molecule has 0 N–H and O–H groups in total. The van der Waals surface area contributed by atoms with Crippen molar-refractivity contribution in [1.29, 1.82) is 0 Å². The van der Waals surface area contributed by atoms with Crippen molar-refractivity contribution in [3.8, 4) is 0 Å². The van der Waals surface area contributed by atoms with Gasteiger partial charge in [0, 0.05) is 11.6 Å². The maximum Gasteiger partial charge on any atom is 0.304 e.